The summed E-state index contributed by atoms with van der Waals surface area (Å²) in [6, 6.07) is 0. The molecule has 0 saturated heterocycles. The summed E-state index contributed by atoms with van der Waals surface area (Å²) in [6.07, 6.45) is 2.65. The van der Waals surface area contributed by atoms with Gasteiger partial charge in [0, 0.05) is 12.8 Å². The molecular weight excluding hydrogens is 176 g/mol. The highest BCUT2D eigenvalue weighted by atomic mass is 16.1. The van der Waals surface area contributed by atoms with Crippen LogP contribution in [0.3, 0.4) is 0 Å². The van der Waals surface area contributed by atoms with Gasteiger partial charge in [0.05, 0.1) is 5.92 Å². The minimum Gasteiger partial charge on any atom is -0.299 e. The van der Waals surface area contributed by atoms with Crippen molar-refractivity contribution in [1.82, 2.24) is 0 Å². The van der Waals surface area contributed by atoms with Gasteiger partial charge in [-0.05, 0) is 18.8 Å². The van der Waals surface area contributed by atoms with Gasteiger partial charge in [-0.25, -0.2) is 0 Å². The molecule has 0 spiro atoms. The Labute approximate surface area is 87.1 Å². The first-order chi connectivity index (χ1) is 6.52. The van der Waals surface area contributed by atoms with E-state index in [1.807, 2.05) is 13.8 Å². The van der Waals surface area contributed by atoms with Gasteiger partial charge in [-0.15, -0.1) is 0 Å². The molecule has 0 aromatic rings. The Hall–Kier alpha value is -0.660. The van der Waals surface area contributed by atoms with Gasteiger partial charge in [0.15, 0.2) is 0 Å². The fraction of sp³-hybridized carbons (Fsp3) is 0.833. The van der Waals surface area contributed by atoms with Gasteiger partial charge in [-0.2, -0.15) is 0 Å². The van der Waals surface area contributed by atoms with E-state index < -0.39 is 0 Å². The van der Waals surface area contributed by atoms with Gasteiger partial charge >= 0.3 is 0 Å². The summed E-state index contributed by atoms with van der Waals surface area (Å²) in [7, 11) is 0. The molecule has 0 fully saturated rings. The summed E-state index contributed by atoms with van der Waals surface area (Å²) in [5.41, 5.74) is 0. The number of ketones is 2. The van der Waals surface area contributed by atoms with Crippen molar-refractivity contribution in [2.75, 3.05) is 0 Å². The molecule has 0 N–H and O–H groups in total. The molecule has 0 rings (SSSR count). The van der Waals surface area contributed by atoms with E-state index in [2.05, 4.69) is 13.8 Å². The lowest BCUT2D eigenvalue weighted by atomic mass is 9.88. The molecule has 82 valence electrons. The third kappa shape index (κ3) is 4.54. The Morgan fingerprint density at radius 1 is 0.929 bits per heavy atom. The topological polar surface area (TPSA) is 34.1 Å². The summed E-state index contributed by atoms with van der Waals surface area (Å²) in [5, 5.41) is 0. The Bertz CT molecular complexity index is 178. The summed E-state index contributed by atoms with van der Waals surface area (Å²) in [6.45, 7) is 7.88. The zero-order chi connectivity index (χ0) is 11.1. The number of carbonyl (C=O) groups is 2. The SMILES string of the molecule is CCC(=O)C(CCC(C)C)C(=O)CC. The minimum absolute atomic E-state index is 0.109. The second-order valence-corrected chi connectivity index (χ2v) is 4.16. The average Bonchev–Trinajstić information content (AvgIpc) is 2.16. The van der Waals surface area contributed by atoms with Gasteiger partial charge in [0.2, 0.25) is 0 Å². The predicted molar refractivity (Wildman–Crippen MR) is 58.2 cm³/mol. The van der Waals surface area contributed by atoms with Crippen LogP contribution in [0.1, 0.15) is 53.4 Å². The van der Waals surface area contributed by atoms with E-state index in [1.54, 1.807) is 0 Å². The molecule has 0 aromatic heterocycles. The van der Waals surface area contributed by atoms with Crippen LogP contribution >= 0.6 is 0 Å². The van der Waals surface area contributed by atoms with Crippen LogP contribution in [0.15, 0.2) is 0 Å². The third-order valence-electron chi connectivity index (χ3n) is 2.51. The van der Waals surface area contributed by atoms with E-state index in [0.29, 0.717) is 18.8 Å². The molecule has 0 aromatic carbocycles. The van der Waals surface area contributed by atoms with Crippen molar-refractivity contribution in [3.05, 3.63) is 0 Å². The van der Waals surface area contributed by atoms with E-state index >= 15 is 0 Å². The van der Waals surface area contributed by atoms with Crippen LogP contribution in [0, 0.1) is 11.8 Å². The molecule has 0 saturated carbocycles. The van der Waals surface area contributed by atoms with E-state index in [4.69, 9.17) is 0 Å². The molecule has 0 radical (unpaired) electrons. The van der Waals surface area contributed by atoms with Crippen molar-refractivity contribution >= 4 is 11.6 Å². The van der Waals surface area contributed by atoms with Crippen molar-refractivity contribution in [2.24, 2.45) is 11.8 Å². The molecule has 0 unspecified atom stereocenters. The molecular formula is C12H22O2. The Kier molecular flexibility index (Phi) is 6.43. The lowest BCUT2D eigenvalue weighted by Crippen LogP contribution is -2.23. The van der Waals surface area contributed by atoms with Crippen LogP contribution in [0.25, 0.3) is 0 Å². The molecule has 0 aliphatic rings. The normalized spacial score (nSPS) is 11.0. The zero-order valence-corrected chi connectivity index (χ0v) is 9.80. The molecule has 2 heteroatoms. The van der Waals surface area contributed by atoms with Crippen LogP contribution in [-0.4, -0.2) is 11.6 Å². The summed E-state index contributed by atoms with van der Waals surface area (Å²) in [4.78, 5) is 23.0. The minimum atomic E-state index is -0.326. The predicted octanol–water partition coefficient (Wildman–Crippen LogP) is 3.00. The largest absolute Gasteiger partial charge is 0.299 e. The lowest BCUT2D eigenvalue weighted by Gasteiger charge is -2.14. The maximum atomic E-state index is 11.5. The van der Waals surface area contributed by atoms with E-state index in [-0.39, 0.29) is 17.5 Å². The number of hydrogen-bond donors (Lipinski definition) is 0. The molecule has 0 atom stereocenters. The fourth-order valence-corrected chi connectivity index (χ4v) is 1.49. The second-order valence-electron chi connectivity index (χ2n) is 4.16. The van der Waals surface area contributed by atoms with Crippen LogP contribution in [0.5, 0.6) is 0 Å². The van der Waals surface area contributed by atoms with Gasteiger partial charge in [-0.1, -0.05) is 27.7 Å². The van der Waals surface area contributed by atoms with Crippen molar-refractivity contribution in [1.29, 1.82) is 0 Å². The third-order valence-corrected chi connectivity index (χ3v) is 2.51. The highest BCUT2D eigenvalue weighted by molar-refractivity contribution is 6.02. The van der Waals surface area contributed by atoms with Gasteiger partial charge < -0.3 is 0 Å². The zero-order valence-electron chi connectivity index (χ0n) is 9.80. The maximum absolute atomic E-state index is 11.5. The Morgan fingerprint density at radius 3 is 1.64 bits per heavy atom. The van der Waals surface area contributed by atoms with Gasteiger partial charge in [0.25, 0.3) is 0 Å². The van der Waals surface area contributed by atoms with Crippen molar-refractivity contribution < 1.29 is 9.59 Å². The summed E-state index contributed by atoms with van der Waals surface area (Å²) in [5.74, 6) is 0.453. The van der Waals surface area contributed by atoms with Gasteiger partial charge in [-0.3, -0.25) is 9.59 Å². The van der Waals surface area contributed by atoms with E-state index in [1.165, 1.54) is 0 Å². The maximum Gasteiger partial charge on any atom is 0.143 e. The number of carbonyl (C=O) groups excluding carboxylic acids is 2. The molecule has 2 nitrogen and oxygen atoms in total. The van der Waals surface area contributed by atoms with Crippen LogP contribution in [-0.2, 0) is 9.59 Å². The first-order valence-corrected chi connectivity index (χ1v) is 5.58. The average molecular weight is 198 g/mol. The first kappa shape index (κ1) is 13.3. The Morgan fingerprint density at radius 2 is 1.36 bits per heavy atom. The number of hydrogen-bond acceptors (Lipinski definition) is 2. The van der Waals surface area contributed by atoms with Crippen molar-refractivity contribution in [2.45, 2.75) is 53.4 Å². The highest BCUT2D eigenvalue weighted by Gasteiger charge is 2.23. The monoisotopic (exact) mass is 198 g/mol. The second kappa shape index (κ2) is 6.74. The van der Waals surface area contributed by atoms with Gasteiger partial charge in [0.1, 0.15) is 11.6 Å². The lowest BCUT2D eigenvalue weighted by molar-refractivity contribution is -0.132. The number of Topliss-reactive ketones (excluding diaryl/α,β-unsaturated/α-hetero) is 2. The molecule has 14 heavy (non-hydrogen) atoms. The number of rotatable bonds is 7. The molecule has 0 amide bonds. The van der Waals surface area contributed by atoms with Crippen LogP contribution in [0.2, 0.25) is 0 Å². The molecule has 0 aliphatic carbocycles. The van der Waals surface area contributed by atoms with Crippen LogP contribution < -0.4 is 0 Å². The quantitative estimate of drug-likeness (QED) is 0.589. The van der Waals surface area contributed by atoms with Crippen molar-refractivity contribution in [3.63, 3.8) is 0 Å². The van der Waals surface area contributed by atoms with E-state index in [0.717, 1.165) is 12.8 Å². The molecule has 0 bridgehead atoms. The first-order valence-electron chi connectivity index (χ1n) is 5.58. The van der Waals surface area contributed by atoms with Crippen LogP contribution in [0.4, 0.5) is 0 Å². The highest BCUT2D eigenvalue weighted by Crippen LogP contribution is 2.16. The Balaban J connectivity index is 4.25. The van der Waals surface area contributed by atoms with E-state index in [9.17, 15) is 9.59 Å². The smallest absolute Gasteiger partial charge is 0.143 e. The van der Waals surface area contributed by atoms with Crippen molar-refractivity contribution in [3.8, 4) is 0 Å². The standard InChI is InChI=1S/C12H22O2/c1-5-11(13)10(12(14)6-2)8-7-9(3)4/h9-10H,5-8H2,1-4H3. The summed E-state index contributed by atoms with van der Waals surface area (Å²) >= 11 is 0. The molecule has 0 aliphatic heterocycles. The molecule has 0 heterocycles. The fourth-order valence-electron chi connectivity index (χ4n) is 1.49. The summed E-state index contributed by atoms with van der Waals surface area (Å²) < 4.78 is 0.